The molecular formula is C13H23N3O2. The molecule has 1 rings (SSSR count). The third-order valence-corrected chi connectivity index (χ3v) is 2.76. The van der Waals surface area contributed by atoms with Crippen LogP contribution in [0, 0.1) is 0 Å². The van der Waals surface area contributed by atoms with E-state index in [-0.39, 0.29) is 5.97 Å². The molecule has 0 aliphatic rings. The number of carbonyl (C=O) groups is 1. The van der Waals surface area contributed by atoms with Gasteiger partial charge in [-0.3, -0.25) is 9.58 Å². The van der Waals surface area contributed by atoms with Crippen LogP contribution < -0.4 is 0 Å². The van der Waals surface area contributed by atoms with Crippen LogP contribution in [0.1, 0.15) is 43.2 Å². The minimum absolute atomic E-state index is 0.284. The molecule has 5 heteroatoms. The maximum absolute atomic E-state index is 11.8. The molecular weight excluding hydrogens is 230 g/mol. The third-order valence-electron chi connectivity index (χ3n) is 2.76. The first-order chi connectivity index (χ1) is 8.62. The van der Waals surface area contributed by atoms with Crippen molar-refractivity contribution < 1.29 is 9.53 Å². The highest BCUT2D eigenvalue weighted by Crippen LogP contribution is 2.11. The average Bonchev–Trinajstić information content (AvgIpc) is 2.70. The Bertz CT molecular complexity index is 388. The monoisotopic (exact) mass is 253 g/mol. The summed E-state index contributed by atoms with van der Waals surface area (Å²) in [6, 6.07) is 0. The summed E-state index contributed by atoms with van der Waals surface area (Å²) < 4.78 is 6.71. The molecule has 0 aliphatic heterocycles. The van der Waals surface area contributed by atoms with E-state index in [2.05, 4.69) is 23.8 Å². The number of ether oxygens (including phenoxy) is 1. The van der Waals surface area contributed by atoms with E-state index in [4.69, 9.17) is 4.74 Å². The van der Waals surface area contributed by atoms with Gasteiger partial charge in [0.05, 0.1) is 12.3 Å². The molecule has 5 nitrogen and oxygen atoms in total. The van der Waals surface area contributed by atoms with E-state index in [1.54, 1.807) is 10.9 Å². The highest BCUT2D eigenvalue weighted by Gasteiger charge is 2.18. The van der Waals surface area contributed by atoms with E-state index >= 15 is 0 Å². The normalized spacial score (nSPS) is 10.9. The van der Waals surface area contributed by atoms with Crippen molar-refractivity contribution in [3.8, 4) is 0 Å². The Labute approximate surface area is 109 Å². The third kappa shape index (κ3) is 3.84. The number of nitrogens with zero attached hydrogens (tertiary/aromatic N) is 3. The van der Waals surface area contributed by atoms with Crippen LogP contribution >= 0.6 is 0 Å². The Hall–Kier alpha value is -1.36. The molecule has 18 heavy (non-hydrogen) atoms. The number of rotatable bonds is 7. The second kappa shape index (κ2) is 7.16. The predicted octanol–water partition coefficient (Wildman–Crippen LogP) is 1.83. The SMILES string of the molecule is CCCN(CC)Cc1nn(C)cc1C(=O)OCC. The molecule has 0 saturated carbocycles. The zero-order valence-electron chi connectivity index (χ0n) is 11.8. The molecule has 0 unspecified atom stereocenters. The quantitative estimate of drug-likeness (QED) is 0.696. The zero-order valence-corrected chi connectivity index (χ0v) is 11.8. The molecule has 0 fully saturated rings. The summed E-state index contributed by atoms with van der Waals surface area (Å²) in [7, 11) is 1.82. The van der Waals surface area contributed by atoms with Gasteiger partial charge in [-0.15, -0.1) is 0 Å². The van der Waals surface area contributed by atoms with Gasteiger partial charge in [-0.1, -0.05) is 13.8 Å². The van der Waals surface area contributed by atoms with E-state index in [0.717, 1.165) is 25.2 Å². The van der Waals surface area contributed by atoms with Gasteiger partial charge in [0.2, 0.25) is 0 Å². The fraction of sp³-hybridized carbons (Fsp3) is 0.692. The molecule has 1 aromatic heterocycles. The van der Waals surface area contributed by atoms with Crippen molar-refractivity contribution >= 4 is 5.97 Å². The maximum Gasteiger partial charge on any atom is 0.341 e. The smallest absolute Gasteiger partial charge is 0.341 e. The molecule has 0 aromatic carbocycles. The van der Waals surface area contributed by atoms with Gasteiger partial charge in [0.15, 0.2) is 0 Å². The lowest BCUT2D eigenvalue weighted by Gasteiger charge is -2.18. The van der Waals surface area contributed by atoms with E-state index < -0.39 is 0 Å². The molecule has 0 saturated heterocycles. The summed E-state index contributed by atoms with van der Waals surface area (Å²) in [6.07, 6.45) is 2.82. The molecule has 1 aromatic rings. The van der Waals surface area contributed by atoms with Gasteiger partial charge in [-0.05, 0) is 26.4 Å². The molecule has 0 bridgehead atoms. The van der Waals surface area contributed by atoms with Crippen molar-refractivity contribution in [1.82, 2.24) is 14.7 Å². The Morgan fingerprint density at radius 3 is 2.72 bits per heavy atom. The van der Waals surface area contributed by atoms with E-state index in [9.17, 15) is 4.79 Å². The van der Waals surface area contributed by atoms with Crippen molar-refractivity contribution in [3.63, 3.8) is 0 Å². The molecule has 0 radical (unpaired) electrons. The van der Waals surface area contributed by atoms with Gasteiger partial charge >= 0.3 is 5.97 Å². The molecule has 0 amide bonds. The number of hydrogen-bond acceptors (Lipinski definition) is 4. The Morgan fingerprint density at radius 2 is 2.17 bits per heavy atom. The van der Waals surface area contributed by atoms with Crippen molar-refractivity contribution in [2.24, 2.45) is 7.05 Å². The van der Waals surface area contributed by atoms with Crippen molar-refractivity contribution in [1.29, 1.82) is 0 Å². The van der Waals surface area contributed by atoms with Gasteiger partial charge in [0, 0.05) is 19.8 Å². The Balaban J connectivity index is 2.84. The van der Waals surface area contributed by atoms with Crippen LogP contribution in [-0.2, 0) is 18.3 Å². The molecule has 1 heterocycles. The fourth-order valence-corrected chi connectivity index (χ4v) is 1.91. The van der Waals surface area contributed by atoms with Crippen LogP contribution in [0.5, 0.6) is 0 Å². The number of aromatic nitrogens is 2. The molecule has 102 valence electrons. The van der Waals surface area contributed by atoms with Gasteiger partial charge in [0.25, 0.3) is 0 Å². The number of aryl methyl sites for hydroxylation is 1. The summed E-state index contributed by atoms with van der Waals surface area (Å²) in [5, 5.41) is 4.36. The second-order valence-electron chi connectivity index (χ2n) is 4.25. The van der Waals surface area contributed by atoms with E-state index in [0.29, 0.717) is 18.7 Å². The largest absolute Gasteiger partial charge is 0.462 e. The number of hydrogen-bond donors (Lipinski definition) is 0. The summed E-state index contributed by atoms with van der Waals surface area (Å²) in [6.45, 7) is 9.11. The topological polar surface area (TPSA) is 47.4 Å². The lowest BCUT2D eigenvalue weighted by Crippen LogP contribution is -2.25. The van der Waals surface area contributed by atoms with Crippen LogP contribution in [0.2, 0.25) is 0 Å². The minimum Gasteiger partial charge on any atom is -0.462 e. The molecule has 0 spiro atoms. The van der Waals surface area contributed by atoms with Crippen LogP contribution in [0.25, 0.3) is 0 Å². The van der Waals surface area contributed by atoms with Gasteiger partial charge in [-0.2, -0.15) is 5.10 Å². The molecule has 0 aliphatic carbocycles. The first kappa shape index (κ1) is 14.7. The average molecular weight is 253 g/mol. The highest BCUT2D eigenvalue weighted by molar-refractivity contribution is 5.90. The van der Waals surface area contributed by atoms with E-state index in [1.807, 2.05) is 14.0 Å². The second-order valence-corrected chi connectivity index (χ2v) is 4.25. The number of esters is 1. The van der Waals surface area contributed by atoms with Crippen LogP contribution in [-0.4, -0.2) is 40.3 Å². The summed E-state index contributed by atoms with van der Waals surface area (Å²) >= 11 is 0. The lowest BCUT2D eigenvalue weighted by molar-refractivity contribution is 0.0524. The Morgan fingerprint density at radius 1 is 1.44 bits per heavy atom. The van der Waals surface area contributed by atoms with E-state index in [1.165, 1.54) is 0 Å². The molecule has 0 N–H and O–H groups in total. The van der Waals surface area contributed by atoms with Crippen molar-refractivity contribution in [2.45, 2.75) is 33.7 Å². The minimum atomic E-state index is -0.284. The predicted molar refractivity (Wildman–Crippen MR) is 70.4 cm³/mol. The summed E-state index contributed by atoms with van der Waals surface area (Å²) in [5.41, 5.74) is 1.38. The van der Waals surface area contributed by atoms with Gasteiger partial charge in [0.1, 0.15) is 5.56 Å². The summed E-state index contributed by atoms with van der Waals surface area (Å²) in [5.74, 6) is -0.284. The zero-order chi connectivity index (χ0) is 13.5. The standard InChI is InChI=1S/C13H23N3O2/c1-5-8-16(6-2)10-12-11(9-15(4)14-12)13(17)18-7-3/h9H,5-8,10H2,1-4H3. The maximum atomic E-state index is 11.8. The van der Waals surface area contributed by atoms with Crippen molar-refractivity contribution in [3.05, 3.63) is 17.5 Å². The molecule has 0 atom stereocenters. The first-order valence-electron chi connectivity index (χ1n) is 6.54. The summed E-state index contributed by atoms with van der Waals surface area (Å²) in [4.78, 5) is 14.1. The van der Waals surface area contributed by atoms with Gasteiger partial charge in [-0.25, -0.2) is 4.79 Å². The van der Waals surface area contributed by atoms with Crippen LogP contribution in [0.4, 0.5) is 0 Å². The first-order valence-corrected chi connectivity index (χ1v) is 6.54. The van der Waals surface area contributed by atoms with Gasteiger partial charge < -0.3 is 4.74 Å². The lowest BCUT2D eigenvalue weighted by atomic mass is 10.2. The fourth-order valence-electron chi connectivity index (χ4n) is 1.91. The van der Waals surface area contributed by atoms with Crippen LogP contribution in [0.15, 0.2) is 6.20 Å². The number of carbonyl (C=O) groups excluding carboxylic acids is 1. The highest BCUT2D eigenvalue weighted by atomic mass is 16.5. The van der Waals surface area contributed by atoms with Crippen molar-refractivity contribution in [2.75, 3.05) is 19.7 Å². The van der Waals surface area contributed by atoms with Crippen LogP contribution in [0.3, 0.4) is 0 Å². The Kier molecular flexibility index (Phi) is 5.85.